The molecule has 0 bridgehead atoms. The summed E-state index contributed by atoms with van der Waals surface area (Å²) in [6.07, 6.45) is 12.5. The predicted molar refractivity (Wildman–Crippen MR) is 235 cm³/mol. The Kier molecular flexibility index (Phi) is 22.9. The highest BCUT2D eigenvalue weighted by molar-refractivity contribution is 5.69. The largest absolute Gasteiger partial charge is 0.460 e. The second kappa shape index (κ2) is 24.1. The van der Waals surface area contributed by atoms with E-state index in [2.05, 4.69) is 62.3 Å². The van der Waals surface area contributed by atoms with E-state index >= 15 is 0 Å². The molecule has 0 aromatic rings. The zero-order chi connectivity index (χ0) is 44.6. The Morgan fingerprint density at radius 2 is 1.09 bits per heavy atom. The molecule has 58 heavy (non-hydrogen) atoms. The van der Waals surface area contributed by atoms with E-state index in [1.54, 1.807) is 41.5 Å². The van der Waals surface area contributed by atoms with Crippen LogP contribution < -0.4 is 0 Å². The first-order valence-electron chi connectivity index (χ1n) is 23.0. The number of esters is 1. The van der Waals surface area contributed by atoms with Gasteiger partial charge in [-0.3, -0.25) is 4.79 Å². The van der Waals surface area contributed by atoms with E-state index in [0.717, 1.165) is 19.3 Å². The van der Waals surface area contributed by atoms with Crippen molar-refractivity contribution in [3.8, 4) is 0 Å². The molecule has 1 aliphatic heterocycles. The van der Waals surface area contributed by atoms with Crippen LogP contribution in [0.5, 0.6) is 0 Å². The summed E-state index contributed by atoms with van der Waals surface area (Å²) in [7, 11) is 0. The summed E-state index contributed by atoms with van der Waals surface area (Å²) in [5.41, 5.74) is -5.31. The van der Waals surface area contributed by atoms with Gasteiger partial charge in [0.15, 0.2) is 0 Å². The van der Waals surface area contributed by atoms with E-state index in [9.17, 15) is 20.1 Å². The first kappa shape index (κ1) is 55.2. The molecule has 1 saturated heterocycles. The van der Waals surface area contributed by atoms with Crippen molar-refractivity contribution >= 4 is 5.97 Å². The van der Waals surface area contributed by atoms with Gasteiger partial charge >= 0.3 is 5.97 Å². The number of aliphatic hydroxyl groups is 3. The summed E-state index contributed by atoms with van der Waals surface area (Å²) in [6, 6.07) is 0. The van der Waals surface area contributed by atoms with Crippen LogP contribution >= 0.6 is 0 Å². The average Bonchev–Trinajstić information content (AvgIpc) is 3.51. The number of rotatable bonds is 32. The highest BCUT2D eigenvalue weighted by Crippen LogP contribution is 2.50. The fourth-order valence-electron chi connectivity index (χ4n) is 8.12. The molecule has 5 unspecified atom stereocenters. The van der Waals surface area contributed by atoms with Gasteiger partial charge in [-0.25, -0.2) is 0 Å². The number of hydrogen-bond donors (Lipinski definition) is 3. The molecule has 346 valence electrons. The van der Waals surface area contributed by atoms with Gasteiger partial charge in [-0.15, -0.1) is 0 Å². The Hall–Kier alpha value is -0.850. The zero-order valence-electron chi connectivity index (χ0n) is 40.5. The van der Waals surface area contributed by atoms with Crippen molar-refractivity contribution in [3.05, 3.63) is 0 Å². The molecule has 0 amide bonds. The molecular formula is C48H94O10. The molecule has 1 rings (SSSR count). The van der Waals surface area contributed by atoms with Gasteiger partial charge in [0, 0.05) is 24.2 Å². The minimum Gasteiger partial charge on any atom is -0.460 e. The molecular weight excluding hydrogens is 737 g/mol. The molecule has 0 saturated carbocycles. The summed E-state index contributed by atoms with van der Waals surface area (Å²) in [5.74, 6) is -0.623. The maximum absolute atomic E-state index is 12.7. The molecule has 1 heterocycles. The van der Waals surface area contributed by atoms with Crippen LogP contribution in [0.15, 0.2) is 0 Å². The molecule has 0 aromatic carbocycles. The number of hydrogen-bond acceptors (Lipinski definition) is 10. The SMILES string of the molecule is CCCCCCCCCCCC(=O)OC(C)COC(C)(C)CC(C1OCC(C(C)(C)OCCC(C)(C)O)C1C(C)(C)OCCC(C)(C)O)C(C)(C)OCCC(C)(C)O. The Balaban J connectivity index is 3.29. The molecule has 0 spiro atoms. The van der Waals surface area contributed by atoms with Gasteiger partial charge in [-0.2, -0.15) is 0 Å². The van der Waals surface area contributed by atoms with Crippen molar-refractivity contribution < 1.29 is 48.5 Å². The fourth-order valence-corrected chi connectivity index (χ4v) is 8.12. The summed E-state index contributed by atoms with van der Waals surface area (Å²) in [5, 5.41) is 31.6. The van der Waals surface area contributed by atoms with Crippen molar-refractivity contribution in [2.24, 2.45) is 17.8 Å². The van der Waals surface area contributed by atoms with Gasteiger partial charge in [0.25, 0.3) is 0 Å². The first-order valence-corrected chi connectivity index (χ1v) is 23.0. The Labute approximate surface area is 356 Å². The molecule has 0 aliphatic carbocycles. The number of carbonyl (C=O) groups excluding carboxylic acids is 1. The summed E-state index contributed by atoms with van der Waals surface area (Å²) in [4.78, 5) is 12.7. The van der Waals surface area contributed by atoms with Crippen molar-refractivity contribution in [2.75, 3.05) is 33.0 Å². The molecule has 1 aliphatic rings. The maximum Gasteiger partial charge on any atom is 0.306 e. The van der Waals surface area contributed by atoms with Gasteiger partial charge in [0.1, 0.15) is 6.10 Å². The van der Waals surface area contributed by atoms with E-state index in [1.165, 1.54) is 38.5 Å². The van der Waals surface area contributed by atoms with E-state index in [0.29, 0.717) is 58.5 Å². The third-order valence-corrected chi connectivity index (χ3v) is 12.0. The topological polar surface area (TPSA) is 133 Å². The molecule has 10 nitrogen and oxygen atoms in total. The molecule has 0 aromatic heterocycles. The molecule has 10 heteroatoms. The van der Waals surface area contributed by atoms with Crippen LogP contribution in [0.1, 0.15) is 201 Å². The van der Waals surface area contributed by atoms with E-state index in [-0.39, 0.29) is 36.4 Å². The van der Waals surface area contributed by atoms with Crippen LogP contribution in [0.25, 0.3) is 0 Å². The maximum atomic E-state index is 12.7. The average molecular weight is 831 g/mol. The van der Waals surface area contributed by atoms with Crippen LogP contribution in [0.3, 0.4) is 0 Å². The molecule has 0 radical (unpaired) electrons. The number of ether oxygens (including phenoxy) is 6. The van der Waals surface area contributed by atoms with Crippen LogP contribution in [0.4, 0.5) is 0 Å². The monoisotopic (exact) mass is 831 g/mol. The van der Waals surface area contributed by atoms with Gasteiger partial charge < -0.3 is 43.7 Å². The molecule has 5 atom stereocenters. The van der Waals surface area contributed by atoms with Crippen LogP contribution in [0, 0.1) is 17.8 Å². The first-order chi connectivity index (χ1) is 26.4. The normalized spacial score (nSPS) is 20.1. The quantitative estimate of drug-likeness (QED) is 0.0445. The highest BCUT2D eigenvalue weighted by Gasteiger charge is 2.57. The lowest BCUT2D eigenvalue weighted by molar-refractivity contribution is -0.177. The Morgan fingerprint density at radius 3 is 1.57 bits per heavy atom. The Bertz CT molecular complexity index is 1130. The van der Waals surface area contributed by atoms with E-state index in [1.807, 2.05) is 6.92 Å². The minimum absolute atomic E-state index is 0.0830. The predicted octanol–water partition coefficient (Wildman–Crippen LogP) is 10.1. The number of unbranched alkanes of at least 4 members (excludes halogenated alkanes) is 8. The lowest BCUT2D eigenvalue weighted by atomic mass is 9.65. The lowest BCUT2D eigenvalue weighted by Gasteiger charge is -2.48. The van der Waals surface area contributed by atoms with Gasteiger partial charge in [-0.05, 0) is 136 Å². The fraction of sp³-hybridized carbons (Fsp3) is 0.979. The van der Waals surface area contributed by atoms with Crippen molar-refractivity contribution in [1.82, 2.24) is 0 Å². The second-order valence-corrected chi connectivity index (χ2v) is 21.7. The van der Waals surface area contributed by atoms with E-state index in [4.69, 9.17) is 28.4 Å². The number of carbonyl (C=O) groups is 1. The highest BCUT2D eigenvalue weighted by atomic mass is 16.6. The standard InChI is InChI=1S/C48H94O10/c1-17-18-19-20-21-22-23-24-25-26-39(49)58-36(2)34-57-45(9,10)33-37(46(11,12)54-30-27-42(3,4)50)41-40(48(15,16)56-32-29-44(7,8)52)38(35-53-41)47(13,14)55-31-28-43(5,6)51/h36-38,40-41,50-52H,17-35H2,1-16H3. The van der Waals surface area contributed by atoms with Crippen molar-refractivity contribution in [2.45, 2.75) is 252 Å². The van der Waals surface area contributed by atoms with Gasteiger partial charge in [0.2, 0.25) is 0 Å². The molecule has 3 N–H and O–H groups in total. The summed E-state index contributed by atoms with van der Waals surface area (Å²) in [6.45, 7) is 33.4. The Morgan fingerprint density at radius 1 is 0.638 bits per heavy atom. The smallest absolute Gasteiger partial charge is 0.306 e. The lowest BCUT2D eigenvalue weighted by Crippen LogP contribution is -2.55. The third kappa shape index (κ3) is 22.8. The van der Waals surface area contributed by atoms with Gasteiger partial charge in [0.05, 0.1) is 78.3 Å². The molecule has 1 fully saturated rings. The zero-order valence-corrected chi connectivity index (χ0v) is 40.5. The van der Waals surface area contributed by atoms with Crippen LogP contribution in [0.2, 0.25) is 0 Å². The summed E-state index contributed by atoms with van der Waals surface area (Å²) >= 11 is 0. The van der Waals surface area contributed by atoms with Crippen LogP contribution in [-0.4, -0.2) is 106 Å². The minimum atomic E-state index is -0.881. The summed E-state index contributed by atoms with van der Waals surface area (Å²) < 4.78 is 39.3. The van der Waals surface area contributed by atoms with Crippen LogP contribution in [-0.2, 0) is 33.2 Å². The van der Waals surface area contributed by atoms with Crippen molar-refractivity contribution in [3.63, 3.8) is 0 Å². The van der Waals surface area contributed by atoms with Gasteiger partial charge in [-0.1, -0.05) is 58.3 Å². The van der Waals surface area contributed by atoms with Crippen molar-refractivity contribution in [1.29, 1.82) is 0 Å². The second-order valence-electron chi connectivity index (χ2n) is 21.7. The third-order valence-electron chi connectivity index (χ3n) is 12.0. The van der Waals surface area contributed by atoms with E-state index < -0.39 is 45.3 Å².